The van der Waals surface area contributed by atoms with Gasteiger partial charge in [-0.3, -0.25) is 14.6 Å². The smallest absolute Gasteiger partial charge is 0.242 e. The zero-order valence-corrected chi connectivity index (χ0v) is 10.3. The van der Waals surface area contributed by atoms with Gasteiger partial charge in [0.25, 0.3) is 0 Å². The second-order valence-electron chi connectivity index (χ2n) is 4.58. The summed E-state index contributed by atoms with van der Waals surface area (Å²) in [6.07, 6.45) is 5.27. The fraction of sp³-hybridized carbons (Fsp3) is 0.462. The fourth-order valence-electron chi connectivity index (χ4n) is 1.59. The van der Waals surface area contributed by atoms with Crippen molar-refractivity contribution in [2.75, 3.05) is 0 Å². The highest BCUT2D eigenvalue weighted by Crippen LogP contribution is 2.28. The molecule has 0 unspecified atom stereocenters. The van der Waals surface area contributed by atoms with Crippen LogP contribution >= 0.6 is 0 Å². The standard InChI is InChI=1S/C13H17N3O2/c1-9(16-13(18)11-4-5-11)12(17)15-8-10-3-2-6-14-7-10/h2-3,6-7,9,11H,4-5,8H2,1H3,(H,15,17)(H,16,18)/t9-/m0/s1. The number of hydrogen-bond acceptors (Lipinski definition) is 3. The van der Waals surface area contributed by atoms with Gasteiger partial charge in [-0.1, -0.05) is 6.07 Å². The van der Waals surface area contributed by atoms with E-state index in [1.165, 1.54) is 0 Å². The van der Waals surface area contributed by atoms with E-state index in [2.05, 4.69) is 15.6 Å². The van der Waals surface area contributed by atoms with Gasteiger partial charge in [0.05, 0.1) is 0 Å². The van der Waals surface area contributed by atoms with E-state index >= 15 is 0 Å². The summed E-state index contributed by atoms with van der Waals surface area (Å²) < 4.78 is 0. The Morgan fingerprint density at radius 2 is 2.28 bits per heavy atom. The molecular formula is C13H17N3O2. The summed E-state index contributed by atoms with van der Waals surface area (Å²) in [4.78, 5) is 27.2. The molecule has 0 spiro atoms. The number of carbonyl (C=O) groups excluding carboxylic acids is 2. The van der Waals surface area contributed by atoms with E-state index in [-0.39, 0.29) is 17.7 Å². The Kier molecular flexibility index (Phi) is 3.92. The number of amides is 2. The van der Waals surface area contributed by atoms with Crippen molar-refractivity contribution < 1.29 is 9.59 Å². The van der Waals surface area contributed by atoms with E-state index in [1.807, 2.05) is 12.1 Å². The first-order valence-electron chi connectivity index (χ1n) is 6.14. The Bertz CT molecular complexity index is 429. The Balaban J connectivity index is 1.75. The third-order valence-corrected chi connectivity index (χ3v) is 2.89. The highest BCUT2D eigenvalue weighted by Gasteiger charge is 2.31. The van der Waals surface area contributed by atoms with Crippen molar-refractivity contribution in [1.29, 1.82) is 0 Å². The maximum atomic E-state index is 11.7. The summed E-state index contributed by atoms with van der Waals surface area (Å²) >= 11 is 0. The molecule has 0 aromatic carbocycles. The molecule has 1 aliphatic rings. The molecule has 1 aromatic rings. The minimum absolute atomic E-state index is 0.0148. The summed E-state index contributed by atoms with van der Waals surface area (Å²) in [7, 11) is 0. The van der Waals surface area contributed by atoms with E-state index in [4.69, 9.17) is 0 Å². The molecule has 96 valence electrons. The van der Waals surface area contributed by atoms with Gasteiger partial charge < -0.3 is 10.6 Å². The monoisotopic (exact) mass is 247 g/mol. The average molecular weight is 247 g/mol. The van der Waals surface area contributed by atoms with Crippen LogP contribution < -0.4 is 10.6 Å². The van der Waals surface area contributed by atoms with E-state index < -0.39 is 6.04 Å². The molecule has 0 saturated heterocycles. The SMILES string of the molecule is C[C@H](NC(=O)C1CC1)C(=O)NCc1cccnc1. The van der Waals surface area contributed by atoms with Crippen molar-refractivity contribution in [2.24, 2.45) is 5.92 Å². The van der Waals surface area contributed by atoms with Crippen molar-refractivity contribution in [3.63, 3.8) is 0 Å². The molecule has 1 aliphatic carbocycles. The van der Waals surface area contributed by atoms with Crippen molar-refractivity contribution in [1.82, 2.24) is 15.6 Å². The van der Waals surface area contributed by atoms with Crippen molar-refractivity contribution in [3.8, 4) is 0 Å². The molecule has 5 heteroatoms. The molecule has 1 heterocycles. The van der Waals surface area contributed by atoms with Crippen LogP contribution in [-0.2, 0) is 16.1 Å². The molecule has 0 radical (unpaired) electrons. The fourth-order valence-corrected chi connectivity index (χ4v) is 1.59. The van der Waals surface area contributed by atoms with Gasteiger partial charge in [-0.25, -0.2) is 0 Å². The summed E-state index contributed by atoms with van der Waals surface area (Å²) in [6.45, 7) is 2.12. The molecule has 1 fully saturated rings. The Morgan fingerprint density at radius 3 is 2.89 bits per heavy atom. The minimum atomic E-state index is -0.491. The molecule has 2 N–H and O–H groups in total. The third kappa shape index (κ3) is 3.55. The molecule has 0 bridgehead atoms. The topological polar surface area (TPSA) is 71.1 Å². The van der Waals surface area contributed by atoms with E-state index in [0.29, 0.717) is 6.54 Å². The second kappa shape index (κ2) is 5.62. The number of carbonyl (C=O) groups is 2. The molecule has 1 aromatic heterocycles. The summed E-state index contributed by atoms with van der Waals surface area (Å²) in [5, 5.41) is 5.48. The first kappa shape index (κ1) is 12.5. The van der Waals surface area contributed by atoms with Crippen LogP contribution in [-0.4, -0.2) is 22.8 Å². The van der Waals surface area contributed by atoms with Crippen molar-refractivity contribution in [3.05, 3.63) is 30.1 Å². The minimum Gasteiger partial charge on any atom is -0.350 e. The lowest BCUT2D eigenvalue weighted by atomic mass is 10.2. The largest absolute Gasteiger partial charge is 0.350 e. The van der Waals surface area contributed by atoms with Gasteiger partial charge in [0.15, 0.2) is 0 Å². The average Bonchev–Trinajstić information content (AvgIpc) is 3.21. The lowest BCUT2D eigenvalue weighted by molar-refractivity contribution is -0.129. The van der Waals surface area contributed by atoms with Crippen molar-refractivity contribution >= 4 is 11.8 Å². The third-order valence-electron chi connectivity index (χ3n) is 2.89. The van der Waals surface area contributed by atoms with Gasteiger partial charge in [-0.15, -0.1) is 0 Å². The Labute approximate surface area is 106 Å². The van der Waals surface area contributed by atoms with Crippen LogP contribution in [0.2, 0.25) is 0 Å². The second-order valence-corrected chi connectivity index (χ2v) is 4.58. The van der Waals surface area contributed by atoms with Crippen LogP contribution in [0.25, 0.3) is 0 Å². The number of hydrogen-bond donors (Lipinski definition) is 2. The van der Waals surface area contributed by atoms with Gasteiger partial charge in [0.2, 0.25) is 11.8 Å². The maximum absolute atomic E-state index is 11.7. The quantitative estimate of drug-likeness (QED) is 0.801. The van der Waals surface area contributed by atoms with Gasteiger partial charge in [-0.2, -0.15) is 0 Å². The number of aromatic nitrogens is 1. The molecular weight excluding hydrogens is 230 g/mol. The number of nitrogens with one attached hydrogen (secondary N) is 2. The summed E-state index contributed by atoms with van der Waals surface area (Å²) in [5.74, 6) is -0.0644. The lowest BCUT2D eigenvalue weighted by Crippen LogP contribution is -2.45. The van der Waals surface area contributed by atoms with Crippen LogP contribution in [0.4, 0.5) is 0 Å². The molecule has 18 heavy (non-hydrogen) atoms. The van der Waals surface area contributed by atoms with Crippen molar-refractivity contribution in [2.45, 2.75) is 32.4 Å². The lowest BCUT2D eigenvalue weighted by Gasteiger charge is -2.13. The molecule has 2 amide bonds. The van der Waals surface area contributed by atoms with E-state index in [9.17, 15) is 9.59 Å². The molecule has 1 atom stereocenters. The predicted octanol–water partition coefficient (Wildman–Crippen LogP) is 0.612. The van der Waals surface area contributed by atoms with Gasteiger partial charge in [0.1, 0.15) is 6.04 Å². The molecule has 2 rings (SSSR count). The zero-order chi connectivity index (χ0) is 13.0. The molecule has 0 aliphatic heterocycles. The zero-order valence-electron chi connectivity index (χ0n) is 10.3. The first-order chi connectivity index (χ1) is 8.66. The number of nitrogens with zero attached hydrogens (tertiary/aromatic N) is 1. The number of rotatable bonds is 5. The number of pyridine rings is 1. The normalized spacial score (nSPS) is 15.8. The molecule has 5 nitrogen and oxygen atoms in total. The maximum Gasteiger partial charge on any atom is 0.242 e. The Morgan fingerprint density at radius 1 is 1.50 bits per heavy atom. The predicted molar refractivity (Wildman–Crippen MR) is 66.4 cm³/mol. The van der Waals surface area contributed by atoms with Crippen LogP contribution in [0.15, 0.2) is 24.5 Å². The summed E-state index contributed by atoms with van der Waals surface area (Å²) in [5.41, 5.74) is 0.937. The van der Waals surface area contributed by atoms with Gasteiger partial charge in [0, 0.05) is 24.9 Å². The Hall–Kier alpha value is -1.91. The first-order valence-corrected chi connectivity index (χ1v) is 6.14. The highest BCUT2D eigenvalue weighted by atomic mass is 16.2. The van der Waals surface area contributed by atoms with Gasteiger partial charge >= 0.3 is 0 Å². The van der Waals surface area contributed by atoms with Gasteiger partial charge in [-0.05, 0) is 31.4 Å². The summed E-state index contributed by atoms with van der Waals surface area (Å²) in [6, 6.07) is 3.22. The van der Waals surface area contributed by atoms with Crippen LogP contribution in [0.5, 0.6) is 0 Å². The van der Waals surface area contributed by atoms with Crippen LogP contribution in [0, 0.1) is 5.92 Å². The molecule has 1 saturated carbocycles. The van der Waals surface area contributed by atoms with Crippen LogP contribution in [0.3, 0.4) is 0 Å². The highest BCUT2D eigenvalue weighted by molar-refractivity contribution is 5.88. The van der Waals surface area contributed by atoms with E-state index in [1.54, 1.807) is 19.3 Å². The van der Waals surface area contributed by atoms with E-state index in [0.717, 1.165) is 18.4 Å². The van der Waals surface area contributed by atoms with Crippen LogP contribution in [0.1, 0.15) is 25.3 Å².